The average molecular weight is 212 g/mol. The maximum Gasteiger partial charge on any atom is 0.252 e. The Morgan fingerprint density at radius 2 is 2.29 bits per heavy atom. The Balaban J connectivity index is 2.15. The minimum absolute atomic E-state index is 0.112. The largest absolute Gasteiger partial charge is 0.272 e. The van der Waals surface area contributed by atoms with Gasteiger partial charge in [-0.1, -0.05) is 13.8 Å². The van der Waals surface area contributed by atoms with E-state index in [0.717, 1.165) is 30.1 Å². The van der Waals surface area contributed by atoms with Gasteiger partial charge in [0.15, 0.2) is 0 Å². The molecule has 4 heteroatoms. The first-order valence-electron chi connectivity index (χ1n) is 5.26. The van der Waals surface area contributed by atoms with Crippen molar-refractivity contribution < 1.29 is 4.79 Å². The molecule has 0 aromatic heterocycles. The summed E-state index contributed by atoms with van der Waals surface area (Å²) in [5.41, 5.74) is 1.10. The van der Waals surface area contributed by atoms with Crippen molar-refractivity contribution in [2.75, 3.05) is 11.5 Å². The van der Waals surface area contributed by atoms with Crippen LogP contribution in [0.1, 0.15) is 26.7 Å². The van der Waals surface area contributed by atoms with Gasteiger partial charge in [-0.15, -0.1) is 0 Å². The molecule has 0 aliphatic carbocycles. The van der Waals surface area contributed by atoms with E-state index in [2.05, 4.69) is 18.9 Å². The van der Waals surface area contributed by atoms with Gasteiger partial charge in [-0.2, -0.15) is 16.9 Å². The van der Waals surface area contributed by atoms with Crippen molar-refractivity contribution >= 4 is 23.4 Å². The molecule has 1 unspecified atom stereocenters. The van der Waals surface area contributed by atoms with Gasteiger partial charge in [0.1, 0.15) is 0 Å². The second-order valence-corrected chi connectivity index (χ2v) is 4.84. The summed E-state index contributed by atoms with van der Waals surface area (Å²) in [6.07, 6.45) is 2.00. The molecule has 0 bridgehead atoms. The molecule has 1 amide bonds. The Labute approximate surface area is 88.9 Å². The Morgan fingerprint density at radius 3 is 2.86 bits per heavy atom. The van der Waals surface area contributed by atoms with Gasteiger partial charge in [-0.05, 0) is 12.8 Å². The summed E-state index contributed by atoms with van der Waals surface area (Å²) in [6, 6.07) is 0.311. The highest BCUT2D eigenvalue weighted by atomic mass is 32.2. The molecule has 2 aliphatic rings. The van der Waals surface area contributed by atoms with Crippen molar-refractivity contribution in [1.29, 1.82) is 0 Å². The van der Waals surface area contributed by atoms with Gasteiger partial charge in [-0.3, -0.25) is 4.79 Å². The third-order valence-corrected chi connectivity index (χ3v) is 4.05. The SMILES string of the molecule is CCC(CC)N1N=C2CSCC2C1=O. The van der Waals surface area contributed by atoms with E-state index in [1.807, 2.05) is 11.8 Å². The van der Waals surface area contributed by atoms with Crippen LogP contribution in [0.4, 0.5) is 0 Å². The number of hydrogen-bond donors (Lipinski definition) is 0. The first-order valence-corrected chi connectivity index (χ1v) is 6.41. The van der Waals surface area contributed by atoms with Crippen LogP contribution in [0.5, 0.6) is 0 Å². The lowest BCUT2D eigenvalue weighted by Crippen LogP contribution is -2.35. The maximum absolute atomic E-state index is 11.9. The Morgan fingerprint density at radius 1 is 1.57 bits per heavy atom. The van der Waals surface area contributed by atoms with Crippen LogP contribution in [0.2, 0.25) is 0 Å². The molecule has 14 heavy (non-hydrogen) atoms. The van der Waals surface area contributed by atoms with E-state index in [-0.39, 0.29) is 11.8 Å². The molecule has 1 fully saturated rings. The number of carbonyl (C=O) groups is 1. The molecule has 3 nitrogen and oxygen atoms in total. The van der Waals surface area contributed by atoms with E-state index in [4.69, 9.17) is 0 Å². The molecule has 78 valence electrons. The number of carbonyl (C=O) groups excluding carboxylic acids is 1. The van der Waals surface area contributed by atoms with Crippen molar-refractivity contribution in [3.63, 3.8) is 0 Å². The van der Waals surface area contributed by atoms with E-state index in [9.17, 15) is 4.79 Å². The second-order valence-electron chi connectivity index (χ2n) is 3.81. The van der Waals surface area contributed by atoms with Crippen LogP contribution >= 0.6 is 11.8 Å². The summed E-state index contributed by atoms with van der Waals surface area (Å²) in [5, 5.41) is 6.19. The topological polar surface area (TPSA) is 32.7 Å². The maximum atomic E-state index is 11.9. The zero-order chi connectivity index (χ0) is 10.1. The van der Waals surface area contributed by atoms with E-state index in [0.29, 0.717) is 6.04 Å². The molecule has 1 saturated heterocycles. The number of hydrogen-bond acceptors (Lipinski definition) is 3. The van der Waals surface area contributed by atoms with Gasteiger partial charge in [0.05, 0.1) is 17.7 Å². The summed E-state index contributed by atoms with van der Waals surface area (Å²) in [5.74, 6) is 2.24. The number of amides is 1. The quantitative estimate of drug-likeness (QED) is 0.714. The van der Waals surface area contributed by atoms with Crippen LogP contribution in [-0.4, -0.2) is 34.2 Å². The Kier molecular flexibility index (Phi) is 2.81. The lowest BCUT2D eigenvalue weighted by atomic mass is 10.1. The van der Waals surface area contributed by atoms with E-state index in [1.165, 1.54) is 0 Å². The lowest BCUT2D eigenvalue weighted by molar-refractivity contribution is -0.133. The van der Waals surface area contributed by atoms with Crippen LogP contribution in [0, 0.1) is 5.92 Å². The van der Waals surface area contributed by atoms with Crippen molar-refractivity contribution in [1.82, 2.24) is 5.01 Å². The molecule has 2 aliphatic heterocycles. The molecular formula is C10H16N2OS. The highest BCUT2D eigenvalue weighted by Crippen LogP contribution is 2.30. The van der Waals surface area contributed by atoms with Gasteiger partial charge in [-0.25, -0.2) is 5.01 Å². The van der Waals surface area contributed by atoms with Gasteiger partial charge >= 0.3 is 0 Å². The molecule has 0 saturated carbocycles. The number of thioether (sulfide) groups is 1. The molecule has 2 rings (SSSR count). The normalized spacial score (nSPS) is 25.9. The smallest absolute Gasteiger partial charge is 0.252 e. The zero-order valence-electron chi connectivity index (χ0n) is 8.69. The van der Waals surface area contributed by atoms with Crippen LogP contribution in [0.3, 0.4) is 0 Å². The fourth-order valence-electron chi connectivity index (χ4n) is 2.03. The summed E-state index contributed by atoms with van der Waals surface area (Å²) in [7, 11) is 0. The first kappa shape index (κ1) is 10.0. The Bertz CT molecular complexity index is 273. The van der Waals surface area contributed by atoms with E-state index >= 15 is 0 Å². The summed E-state index contributed by atoms with van der Waals surface area (Å²) >= 11 is 1.82. The van der Waals surface area contributed by atoms with Crippen molar-refractivity contribution in [3.05, 3.63) is 0 Å². The summed E-state index contributed by atoms with van der Waals surface area (Å²) in [4.78, 5) is 11.9. The van der Waals surface area contributed by atoms with E-state index < -0.39 is 0 Å². The zero-order valence-corrected chi connectivity index (χ0v) is 9.51. The number of hydrazone groups is 1. The lowest BCUT2D eigenvalue weighted by Gasteiger charge is -2.22. The molecule has 0 N–H and O–H groups in total. The molecule has 0 radical (unpaired) electrons. The number of fused-ring (bicyclic) bond motifs is 1. The van der Waals surface area contributed by atoms with E-state index in [1.54, 1.807) is 5.01 Å². The minimum atomic E-state index is 0.112. The van der Waals surface area contributed by atoms with Crippen LogP contribution in [0.15, 0.2) is 5.10 Å². The molecule has 0 aromatic carbocycles. The Hall–Kier alpha value is -0.510. The monoisotopic (exact) mass is 212 g/mol. The van der Waals surface area contributed by atoms with Crippen LogP contribution < -0.4 is 0 Å². The summed E-state index contributed by atoms with van der Waals surface area (Å²) < 4.78 is 0. The molecular weight excluding hydrogens is 196 g/mol. The van der Waals surface area contributed by atoms with Gasteiger partial charge < -0.3 is 0 Å². The minimum Gasteiger partial charge on any atom is -0.272 e. The predicted molar refractivity (Wildman–Crippen MR) is 59.5 cm³/mol. The van der Waals surface area contributed by atoms with Crippen LogP contribution in [0.25, 0.3) is 0 Å². The fraction of sp³-hybridized carbons (Fsp3) is 0.800. The summed E-state index contributed by atoms with van der Waals surface area (Å²) in [6.45, 7) is 4.23. The van der Waals surface area contributed by atoms with Gasteiger partial charge in [0.2, 0.25) is 0 Å². The average Bonchev–Trinajstić information content (AvgIpc) is 2.74. The van der Waals surface area contributed by atoms with Crippen molar-refractivity contribution in [2.24, 2.45) is 11.0 Å². The molecule has 0 spiro atoms. The van der Waals surface area contributed by atoms with Crippen LogP contribution in [-0.2, 0) is 4.79 Å². The molecule has 0 aromatic rings. The standard InChI is InChI=1S/C10H16N2OS/c1-3-7(4-2)12-10(13)8-5-14-6-9(8)11-12/h7-8H,3-6H2,1-2H3. The van der Waals surface area contributed by atoms with Gasteiger partial charge in [0.25, 0.3) is 5.91 Å². The predicted octanol–water partition coefficient (Wildman–Crippen LogP) is 1.74. The first-order chi connectivity index (χ1) is 6.77. The van der Waals surface area contributed by atoms with Crippen molar-refractivity contribution in [3.8, 4) is 0 Å². The molecule has 2 heterocycles. The second kappa shape index (κ2) is 3.93. The van der Waals surface area contributed by atoms with Crippen molar-refractivity contribution in [2.45, 2.75) is 32.7 Å². The third kappa shape index (κ3) is 1.45. The number of nitrogens with zero attached hydrogens (tertiary/aromatic N) is 2. The molecule has 1 atom stereocenters. The third-order valence-electron chi connectivity index (χ3n) is 2.99. The highest BCUT2D eigenvalue weighted by molar-refractivity contribution is 8.00. The number of rotatable bonds is 3. The highest BCUT2D eigenvalue weighted by Gasteiger charge is 2.40. The fourth-order valence-corrected chi connectivity index (χ4v) is 3.19. The van der Waals surface area contributed by atoms with Gasteiger partial charge in [0, 0.05) is 11.5 Å².